The first-order chi connectivity index (χ1) is 15.1. The highest BCUT2D eigenvalue weighted by Gasteiger charge is 2.56. The summed E-state index contributed by atoms with van der Waals surface area (Å²) in [5.74, 6) is -0.880. The van der Waals surface area contributed by atoms with Gasteiger partial charge in [-0.1, -0.05) is 29.3 Å². The van der Waals surface area contributed by atoms with Gasteiger partial charge in [-0.2, -0.15) is 8.42 Å². The molecule has 0 N–H and O–H groups in total. The maximum Gasteiger partial charge on any atom is 0.297 e. The second kappa shape index (κ2) is 7.72. The number of hydrogen-bond donors (Lipinski definition) is 0. The Balaban J connectivity index is 1.41. The summed E-state index contributed by atoms with van der Waals surface area (Å²) in [5.41, 5.74) is 1.84. The summed E-state index contributed by atoms with van der Waals surface area (Å²) in [6, 6.07) is 6.43. The highest BCUT2D eigenvalue weighted by Crippen LogP contribution is 2.44. The lowest BCUT2D eigenvalue weighted by Crippen LogP contribution is -2.33. The van der Waals surface area contributed by atoms with E-state index in [1.807, 2.05) is 6.92 Å². The number of aromatic nitrogens is 4. The summed E-state index contributed by atoms with van der Waals surface area (Å²) in [4.78, 5) is 12.5. The van der Waals surface area contributed by atoms with Gasteiger partial charge in [0.1, 0.15) is 30.2 Å². The minimum Gasteiger partial charge on any atom is -0.347 e. The molecule has 0 bridgehead atoms. The largest absolute Gasteiger partial charge is 0.347 e. The molecule has 2 aliphatic heterocycles. The Morgan fingerprint density at radius 2 is 1.84 bits per heavy atom. The summed E-state index contributed by atoms with van der Waals surface area (Å²) in [6.45, 7) is 5.21. The molecule has 10 nitrogen and oxygen atoms in total. The average molecular weight is 481 g/mol. The van der Waals surface area contributed by atoms with Crippen molar-refractivity contribution in [1.29, 1.82) is 0 Å². The van der Waals surface area contributed by atoms with Crippen molar-refractivity contribution in [3.05, 3.63) is 47.6 Å². The number of rotatable bonds is 5. The van der Waals surface area contributed by atoms with Crippen LogP contribution in [0.25, 0.3) is 11.2 Å². The Bertz CT molecular complexity index is 1260. The number of hydrogen-bond acceptors (Lipinski definition) is 9. The van der Waals surface area contributed by atoms with Crippen LogP contribution in [0.4, 0.5) is 0 Å². The van der Waals surface area contributed by atoms with Crippen molar-refractivity contribution < 1.29 is 26.8 Å². The Morgan fingerprint density at radius 1 is 1.12 bits per heavy atom. The van der Waals surface area contributed by atoms with Crippen LogP contribution < -0.4 is 0 Å². The SMILES string of the molecule is Cc1ccc(S(=O)(=O)OC[C@H]2O[C@@H](n3cnc4c(Cl)ncnc43)[C@@H]3OC(C)(C)O[C@@H]32)cc1. The normalized spacial score (nSPS) is 27.1. The van der Waals surface area contributed by atoms with Gasteiger partial charge in [0.25, 0.3) is 10.1 Å². The number of imidazole rings is 1. The van der Waals surface area contributed by atoms with Crippen LogP contribution in [0.3, 0.4) is 0 Å². The second-order valence-electron chi connectivity index (χ2n) is 8.17. The zero-order valence-electron chi connectivity index (χ0n) is 17.5. The van der Waals surface area contributed by atoms with Crippen LogP contribution in [-0.2, 0) is 28.5 Å². The first-order valence-corrected chi connectivity index (χ1v) is 11.7. The molecule has 170 valence electrons. The summed E-state index contributed by atoms with van der Waals surface area (Å²) in [6.07, 6.45) is 0.397. The molecule has 0 aliphatic carbocycles. The van der Waals surface area contributed by atoms with Crippen molar-refractivity contribution in [2.24, 2.45) is 0 Å². The molecule has 1 aromatic carbocycles. The van der Waals surface area contributed by atoms with E-state index in [0.29, 0.717) is 11.2 Å². The van der Waals surface area contributed by atoms with Gasteiger partial charge in [0.15, 0.2) is 22.8 Å². The van der Waals surface area contributed by atoms with Crippen LogP contribution in [0.15, 0.2) is 41.8 Å². The summed E-state index contributed by atoms with van der Waals surface area (Å²) < 4.78 is 50.5. The van der Waals surface area contributed by atoms with Crippen molar-refractivity contribution in [1.82, 2.24) is 19.5 Å². The second-order valence-corrected chi connectivity index (χ2v) is 10.1. The van der Waals surface area contributed by atoms with Gasteiger partial charge >= 0.3 is 0 Å². The molecule has 0 saturated carbocycles. The van der Waals surface area contributed by atoms with Gasteiger partial charge in [0, 0.05) is 0 Å². The number of halogens is 1. The Labute approximate surface area is 189 Å². The zero-order valence-corrected chi connectivity index (χ0v) is 19.1. The van der Waals surface area contributed by atoms with E-state index in [9.17, 15) is 8.42 Å². The van der Waals surface area contributed by atoms with E-state index in [-0.39, 0.29) is 16.7 Å². The van der Waals surface area contributed by atoms with Gasteiger partial charge in [0.2, 0.25) is 0 Å². The number of aryl methyl sites for hydroxylation is 1. The zero-order chi connectivity index (χ0) is 22.7. The first kappa shape index (κ1) is 21.7. The third-order valence-electron chi connectivity index (χ3n) is 5.41. The number of ether oxygens (including phenoxy) is 3. The van der Waals surface area contributed by atoms with Crippen LogP contribution in [-0.4, -0.2) is 58.6 Å². The lowest BCUT2D eigenvalue weighted by atomic mass is 10.1. The van der Waals surface area contributed by atoms with E-state index in [2.05, 4.69) is 15.0 Å². The van der Waals surface area contributed by atoms with E-state index in [1.165, 1.54) is 24.8 Å². The smallest absolute Gasteiger partial charge is 0.297 e. The van der Waals surface area contributed by atoms with Crippen molar-refractivity contribution in [2.45, 2.75) is 56.0 Å². The number of nitrogens with zero attached hydrogens (tertiary/aromatic N) is 4. The number of fused-ring (bicyclic) bond motifs is 2. The first-order valence-electron chi connectivity index (χ1n) is 9.95. The minimum absolute atomic E-state index is 0.0741. The van der Waals surface area contributed by atoms with Crippen LogP contribution in [0, 0.1) is 6.92 Å². The van der Waals surface area contributed by atoms with Gasteiger partial charge in [-0.15, -0.1) is 0 Å². The van der Waals surface area contributed by atoms with E-state index in [0.717, 1.165) is 5.56 Å². The quantitative estimate of drug-likeness (QED) is 0.401. The van der Waals surface area contributed by atoms with Crippen molar-refractivity contribution in [3.63, 3.8) is 0 Å². The molecule has 2 aromatic heterocycles. The fraction of sp³-hybridized carbons (Fsp3) is 0.450. The molecule has 0 spiro atoms. The van der Waals surface area contributed by atoms with E-state index < -0.39 is 40.4 Å². The fourth-order valence-electron chi connectivity index (χ4n) is 3.96. The predicted molar refractivity (Wildman–Crippen MR) is 112 cm³/mol. The Hall–Kier alpha value is -2.15. The average Bonchev–Trinajstić information content (AvgIpc) is 3.38. The van der Waals surface area contributed by atoms with Crippen LogP contribution in [0.5, 0.6) is 0 Å². The molecule has 4 heterocycles. The third kappa shape index (κ3) is 3.78. The minimum atomic E-state index is -3.97. The molecule has 3 aromatic rings. The fourth-order valence-corrected chi connectivity index (χ4v) is 5.05. The predicted octanol–water partition coefficient (Wildman–Crippen LogP) is 2.61. The van der Waals surface area contributed by atoms with Crippen LogP contribution in [0.1, 0.15) is 25.6 Å². The molecule has 4 atom stereocenters. The monoisotopic (exact) mass is 480 g/mol. The molecule has 2 fully saturated rings. The summed E-state index contributed by atoms with van der Waals surface area (Å²) >= 11 is 6.12. The molecular weight excluding hydrogens is 460 g/mol. The van der Waals surface area contributed by atoms with Gasteiger partial charge < -0.3 is 14.2 Å². The van der Waals surface area contributed by atoms with Crippen molar-refractivity contribution in [2.75, 3.05) is 6.61 Å². The Kier molecular flexibility index (Phi) is 5.23. The van der Waals surface area contributed by atoms with Crippen molar-refractivity contribution in [3.8, 4) is 0 Å². The third-order valence-corrected chi connectivity index (χ3v) is 6.98. The van der Waals surface area contributed by atoms with Crippen LogP contribution in [0.2, 0.25) is 5.15 Å². The maximum absolute atomic E-state index is 12.6. The van der Waals surface area contributed by atoms with Gasteiger partial charge in [-0.25, -0.2) is 15.0 Å². The highest BCUT2D eigenvalue weighted by atomic mass is 35.5. The van der Waals surface area contributed by atoms with Gasteiger partial charge in [0.05, 0.1) is 17.8 Å². The lowest BCUT2D eigenvalue weighted by Gasteiger charge is -2.24. The molecule has 0 unspecified atom stereocenters. The molecule has 0 radical (unpaired) electrons. The number of benzene rings is 1. The van der Waals surface area contributed by atoms with E-state index in [1.54, 1.807) is 30.5 Å². The standard InChI is InChI=1S/C20H21ClN4O6S/c1-11-4-6-12(7-5-11)32(26,27)28-8-13-15-16(31-20(2,3)30-15)19(29-13)25-10-24-14-17(21)22-9-23-18(14)25/h4-7,9-10,13,15-16,19H,8H2,1-3H3/t13-,15-,16-,19-/m1/s1. The molecule has 0 amide bonds. The molecule has 32 heavy (non-hydrogen) atoms. The Morgan fingerprint density at radius 3 is 2.59 bits per heavy atom. The topological polar surface area (TPSA) is 115 Å². The van der Waals surface area contributed by atoms with Gasteiger partial charge in [-0.3, -0.25) is 8.75 Å². The van der Waals surface area contributed by atoms with E-state index in [4.69, 9.17) is 30.0 Å². The molecule has 2 aliphatic rings. The lowest BCUT2D eigenvalue weighted by molar-refractivity contribution is -0.198. The molecule has 12 heteroatoms. The van der Waals surface area contributed by atoms with Crippen LogP contribution >= 0.6 is 11.6 Å². The molecule has 5 rings (SSSR count). The molecule has 2 saturated heterocycles. The summed E-state index contributed by atoms with van der Waals surface area (Å²) in [7, 11) is -3.97. The van der Waals surface area contributed by atoms with Crippen molar-refractivity contribution >= 4 is 32.9 Å². The summed E-state index contributed by atoms with van der Waals surface area (Å²) in [5, 5.41) is 0.219. The van der Waals surface area contributed by atoms with E-state index >= 15 is 0 Å². The maximum atomic E-state index is 12.6. The highest BCUT2D eigenvalue weighted by molar-refractivity contribution is 7.86. The molecular formula is C20H21ClN4O6S. The van der Waals surface area contributed by atoms with Gasteiger partial charge in [-0.05, 0) is 32.9 Å².